The molecule has 0 spiro atoms. The Balaban J connectivity index is 1.20. The number of ketones is 1. The molecule has 1 heterocycles. The number of phenolic OH excluding ortho intramolecular Hbond substituents is 1. The first-order chi connectivity index (χ1) is 22.0. The molecule has 242 valence electrons. The number of aromatic hydroxyl groups is 1. The van der Waals surface area contributed by atoms with Gasteiger partial charge >= 0.3 is 11.9 Å². The van der Waals surface area contributed by atoms with Crippen LogP contribution >= 0.6 is 0 Å². The maximum atomic E-state index is 13.4. The number of aliphatic hydroxyl groups is 1. The number of hydrogen-bond donors (Lipinski definition) is 3. The number of aliphatic carboxylic acids is 1. The molecule has 2 unspecified atom stereocenters. The van der Waals surface area contributed by atoms with E-state index in [0.29, 0.717) is 65.2 Å². The van der Waals surface area contributed by atoms with E-state index in [2.05, 4.69) is 4.90 Å². The largest absolute Gasteiger partial charge is 0.504 e. The van der Waals surface area contributed by atoms with Crippen molar-refractivity contribution in [1.82, 2.24) is 4.90 Å². The van der Waals surface area contributed by atoms with Gasteiger partial charge < -0.3 is 29.5 Å². The Morgan fingerprint density at radius 2 is 1.63 bits per heavy atom. The topological polar surface area (TPSA) is 143 Å². The summed E-state index contributed by atoms with van der Waals surface area (Å²) in [7, 11) is 2.98. The Labute approximate surface area is 266 Å². The number of carboxylic acid groups (broad SMARTS) is 1. The summed E-state index contributed by atoms with van der Waals surface area (Å²) >= 11 is 0. The van der Waals surface area contributed by atoms with E-state index in [1.54, 1.807) is 30.3 Å². The predicted octanol–water partition coefficient (Wildman–Crippen LogP) is 4.10. The van der Waals surface area contributed by atoms with Crippen molar-refractivity contribution in [3.63, 3.8) is 0 Å². The number of likely N-dealkylation sites (tertiary alicyclic amines) is 1. The highest BCUT2D eigenvalue weighted by atomic mass is 16.5. The van der Waals surface area contributed by atoms with Gasteiger partial charge in [-0.05, 0) is 91.2 Å². The van der Waals surface area contributed by atoms with Crippen LogP contribution in [-0.4, -0.2) is 76.9 Å². The normalized spacial score (nSPS) is 25.5. The van der Waals surface area contributed by atoms with E-state index in [-0.39, 0.29) is 42.6 Å². The number of esters is 1. The van der Waals surface area contributed by atoms with Crippen molar-refractivity contribution in [2.24, 2.45) is 5.92 Å². The fourth-order valence-corrected chi connectivity index (χ4v) is 8.45. The molecule has 0 aromatic heterocycles. The first-order valence-corrected chi connectivity index (χ1v) is 16.0. The SMILES string of the molecule is COc1cc2cc(OC)c(CC(=O)Oc3ccc4c(c3O)C35CCN(CC6CC6)C(C4)[C@@]3(O)CCC(=O)C5)cc2cc1CC(=O)O. The van der Waals surface area contributed by atoms with Crippen molar-refractivity contribution in [3.8, 4) is 23.0 Å². The molecule has 10 heteroatoms. The predicted molar refractivity (Wildman–Crippen MR) is 168 cm³/mol. The molecule has 0 radical (unpaired) electrons. The van der Waals surface area contributed by atoms with E-state index in [0.717, 1.165) is 24.0 Å². The van der Waals surface area contributed by atoms with Gasteiger partial charge in [0.2, 0.25) is 0 Å². The number of ether oxygens (including phenoxy) is 3. The highest BCUT2D eigenvalue weighted by Crippen LogP contribution is 2.60. The van der Waals surface area contributed by atoms with Gasteiger partial charge in [0, 0.05) is 47.5 Å². The van der Waals surface area contributed by atoms with Crippen LogP contribution in [0, 0.1) is 5.92 Å². The number of carbonyl (C=O) groups is 3. The van der Waals surface area contributed by atoms with Gasteiger partial charge in [-0.15, -0.1) is 0 Å². The summed E-state index contributed by atoms with van der Waals surface area (Å²) in [4.78, 5) is 40.1. The highest BCUT2D eigenvalue weighted by molar-refractivity contribution is 5.90. The second-order valence-electron chi connectivity index (χ2n) is 13.5. The van der Waals surface area contributed by atoms with Crippen LogP contribution in [0.1, 0.15) is 60.8 Å². The van der Waals surface area contributed by atoms with Crippen molar-refractivity contribution in [2.75, 3.05) is 27.3 Å². The maximum Gasteiger partial charge on any atom is 0.315 e. The quantitative estimate of drug-likeness (QED) is 0.234. The van der Waals surface area contributed by atoms with Gasteiger partial charge in [-0.2, -0.15) is 0 Å². The lowest BCUT2D eigenvalue weighted by Gasteiger charge is -2.63. The van der Waals surface area contributed by atoms with Gasteiger partial charge in [-0.3, -0.25) is 19.3 Å². The Bertz CT molecular complexity index is 1760. The lowest BCUT2D eigenvalue weighted by Crippen LogP contribution is -2.73. The molecule has 46 heavy (non-hydrogen) atoms. The van der Waals surface area contributed by atoms with Crippen LogP contribution in [0.5, 0.6) is 23.0 Å². The number of nitrogens with zero attached hydrogens (tertiary/aromatic N) is 1. The smallest absolute Gasteiger partial charge is 0.315 e. The van der Waals surface area contributed by atoms with Crippen LogP contribution in [-0.2, 0) is 39.1 Å². The minimum atomic E-state index is -1.16. The first kappa shape index (κ1) is 30.5. The van der Waals surface area contributed by atoms with Crippen molar-refractivity contribution in [2.45, 2.75) is 74.8 Å². The van der Waals surface area contributed by atoms with Crippen LogP contribution in [0.15, 0.2) is 36.4 Å². The van der Waals surface area contributed by atoms with Crippen LogP contribution < -0.4 is 14.2 Å². The Hall–Kier alpha value is -4.15. The number of rotatable bonds is 9. The standard InChI is InChI=1S/C36H39NO9/c1-44-28-13-23-14-29(45-2)25(12-22(23)11-24(28)16-31(39)40)17-32(41)46-27-6-5-21-15-30-36(43)8-7-26(38)18-35(36,33(21)34(27)42)9-10-37(30)19-20-3-4-20/h5-6,11-14,20,30,42-43H,3-4,7-10,15-19H2,1-2H3,(H,39,40)/t30?,35?,36-/m0/s1. The number of benzene rings is 3. The summed E-state index contributed by atoms with van der Waals surface area (Å²) in [5.74, 6) is -0.203. The third-order valence-electron chi connectivity index (χ3n) is 10.8. The highest BCUT2D eigenvalue weighted by Gasteiger charge is 2.65. The second-order valence-corrected chi connectivity index (χ2v) is 13.5. The molecule has 2 bridgehead atoms. The number of carboxylic acids is 1. The summed E-state index contributed by atoms with van der Waals surface area (Å²) in [6, 6.07) is 10.3. The molecule has 3 N–H and O–H groups in total. The molecule has 3 fully saturated rings. The van der Waals surface area contributed by atoms with Crippen molar-refractivity contribution in [3.05, 3.63) is 58.7 Å². The summed E-state index contributed by atoms with van der Waals surface area (Å²) < 4.78 is 16.7. The zero-order chi connectivity index (χ0) is 32.4. The molecule has 7 rings (SSSR count). The van der Waals surface area contributed by atoms with E-state index < -0.39 is 23.0 Å². The zero-order valence-corrected chi connectivity index (χ0v) is 26.1. The Morgan fingerprint density at radius 3 is 2.28 bits per heavy atom. The number of hydrogen-bond acceptors (Lipinski definition) is 9. The number of phenols is 1. The molecular formula is C36H39NO9. The summed E-state index contributed by atoms with van der Waals surface area (Å²) in [6.45, 7) is 1.68. The number of piperidine rings is 1. The first-order valence-electron chi connectivity index (χ1n) is 16.0. The molecule has 3 aromatic carbocycles. The van der Waals surface area contributed by atoms with Crippen molar-refractivity contribution < 1.29 is 43.9 Å². The van der Waals surface area contributed by atoms with Crippen LogP contribution in [0.2, 0.25) is 0 Å². The van der Waals surface area contributed by atoms with Gasteiger partial charge in [0.05, 0.1) is 32.7 Å². The van der Waals surface area contributed by atoms with Gasteiger partial charge in [-0.1, -0.05) is 6.07 Å². The van der Waals surface area contributed by atoms with E-state index in [4.69, 9.17) is 14.2 Å². The molecule has 0 amide bonds. The zero-order valence-electron chi connectivity index (χ0n) is 26.1. The van der Waals surface area contributed by atoms with Gasteiger partial charge in [0.25, 0.3) is 0 Å². The van der Waals surface area contributed by atoms with Crippen molar-refractivity contribution in [1.29, 1.82) is 0 Å². The fourth-order valence-electron chi connectivity index (χ4n) is 8.45. The minimum Gasteiger partial charge on any atom is -0.504 e. The number of carbonyl (C=O) groups excluding carboxylic acids is 2. The minimum absolute atomic E-state index is 0.00871. The third kappa shape index (κ3) is 4.98. The van der Waals surface area contributed by atoms with Gasteiger partial charge in [0.15, 0.2) is 11.5 Å². The molecule has 1 aliphatic heterocycles. The molecule has 2 saturated carbocycles. The lowest BCUT2D eigenvalue weighted by molar-refractivity contribution is -0.173. The molecule has 3 aromatic rings. The van der Waals surface area contributed by atoms with Gasteiger partial charge in [0.1, 0.15) is 17.3 Å². The van der Waals surface area contributed by atoms with E-state index in [9.17, 15) is 29.7 Å². The van der Waals surface area contributed by atoms with Crippen molar-refractivity contribution >= 4 is 28.5 Å². The fraction of sp³-hybridized carbons (Fsp3) is 0.472. The number of Topliss-reactive ketones (excluding diaryl/α,β-unsaturated/α-hetero) is 1. The van der Waals surface area contributed by atoms with Crippen LogP contribution in [0.4, 0.5) is 0 Å². The number of methoxy groups -OCH3 is 2. The molecule has 3 aliphatic carbocycles. The Kier molecular flexibility index (Phi) is 7.48. The summed E-state index contributed by atoms with van der Waals surface area (Å²) in [6.07, 6.45) is 3.93. The Morgan fingerprint density at radius 1 is 0.957 bits per heavy atom. The van der Waals surface area contributed by atoms with Gasteiger partial charge in [-0.25, -0.2) is 0 Å². The third-order valence-corrected chi connectivity index (χ3v) is 10.8. The monoisotopic (exact) mass is 629 g/mol. The average molecular weight is 630 g/mol. The van der Waals surface area contributed by atoms with Crippen LogP contribution in [0.3, 0.4) is 0 Å². The second kappa shape index (κ2) is 11.3. The van der Waals surface area contributed by atoms with E-state index in [1.807, 2.05) is 6.07 Å². The molecule has 3 atom stereocenters. The molecular weight excluding hydrogens is 590 g/mol. The molecule has 4 aliphatic rings. The number of fused-ring (bicyclic) bond motifs is 2. The summed E-state index contributed by atoms with van der Waals surface area (Å²) in [5.41, 5.74) is 0.345. The summed E-state index contributed by atoms with van der Waals surface area (Å²) in [5, 5.41) is 34.9. The molecule has 1 saturated heterocycles. The maximum absolute atomic E-state index is 13.4. The molecule has 10 nitrogen and oxygen atoms in total. The van der Waals surface area contributed by atoms with E-state index in [1.165, 1.54) is 27.1 Å². The van der Waals surface area contributed by atoms with Crippen LogP contribution in [0.25, 0.3) is 10.8 Å². The average Bonchev–Trinajstić information content (AvgIpc) is 3.83. The van der Waals surface area contributed by atoms with E-state index >= 15 is 0 Å². The lowest BCUT2D eigenvalue weighted by atomic mass is 9.49.